The summed E-state index contributed by atoms with van der Waals surface area (Å²) < 4.78 is 14.9. The van der Waals surface area contributed by atoms with Crippen LogP contribution in [0.15, 0.2) is 60.7 Å². The van der Waals surface area contributed by atoms with Crippen LogP contribution < -0.4 is 5.73 Å². The van der Waals surface area contributed by atoms with Crippen LogP contribution in [0.3, 0.4) is 0 Å². The number of rotatable bonds is 3. The monoisotopic (exact) mass is 267 g/mol. The second-order valence-electron chi connectivity index (χ2n) is 4.61. The molecule has 2 N–H and O–H groups in total. The van der Waals surface area contributed by atoms with Gasteiger partial charge in [-0.15, -0.1) is 0 Å². The van der Waals surface area contributed by atoms with Gasteiger partial charge in [0.1, 0.15) is 11.6 Å². The van der Waals surface area contributed by atoms with E-state index in [1.807, 2.05) is 42.5 Å². The SMILES string of the molecule is Nc1cc(-c2ccccc2)nn1Cc1cccc(F)c1. The van der Waals surface area contributed by atoms with Crippen molar-refractivity contribution in [3.8, 4) is 11.3 Å². The number of benzene rings is 2. The Hall–Kier alpha value is -2.62. The quantitative estimate of drug-likeness (QED) is 0.791. The van der Waals surface area contributed by atoms with Gasteiger partial charge in [-0.25, -0.2) is 9.07 Å². The highest BCUT2D eigenvalue weighted by molar-refractivity contribution is 5.62. The summed E-state index contributed by atoms with van der Waals surface area (Å²) in [4.78, 5) is 0. The van der Waals surface area contributed by atoms with Crippen LogP contribution in [0, 0.1) is 5.82 Å². The van der Waals surface area contributed by atoms with Gasteiger partial charge in [0.15, 0.2) is 0 Å². The molecule has 0 saturated carbocycles. The van der Waals surface area contributed by atoms with Crippen molar-refractivity contribution in [2.45, 2.75) is 6.54 Å². The highest BCUT2D eigenvalue weighted by atomic mass is 19.1. The summed E-state index contributed by atoms with van der Waals surface area (Å²) in [5, 5.41) is 4.47. The van der Waals surface area contributed by atoms with E-state index in [4.69, 9.17) is 5.73 Å². The molecular formula is C16H14FN3. The third kappa shape index (κ3) is 2.54. The molecule has 3 aromatic rings. The molecule has 0 aliphatic rings. The van der Waals surface area contributed by atoms with Crippen LogP contribution in [0.4, 0.5) is 10.2 Å². The molecule has 0 atom stereocenters. The number of hydrogen-bond donors (Lipinski definition) is 1. The third-order valence-corrected chi connectivity index (χ3v) is 3.10. The molecule has 4 heteroatoms. The summed E-state index contributed by atoms with van der Waals surface area (Å²) in [7, 11) is 0. The third-order valence-electron chi connectivity index (χ3n) is 3.10. The molecule has 1 aromatic heterocycles. The van der Waals surface area contributed by atoms with E-state index in [0.29, 0.717) is 12.4 Å². The van der Waals surface area contributed by atoms with Crippen LogP contribution >= 0.6 is 0 Å². The van der Waals surface area contributed by atoms with Gasteiger partial charge in [0.05, 0.1) is 12.2 Å². The number of nitrogens with two attached hydrogens (primary N) is 1. The largest absolute Gasteiger partial charge is 0.384 e. The fraction of sp³-hybridized carbons (Fsp3) is 0.0625. The minimum atomic E-state index is -0.253. The number of anilines is 1. The highest BCUT2D eigenvalue weighted by Crippen LogP contribution is 2.20. The van der Waals surface area contributed by atoms with Crippen molar-refractivity contribution in [1.29, 1.82) is 0 Å². The zero-order valence-corrected chi connectivity index (χ0v) is 10.8. The van der Waals surface area contributed by atoms with Crippen LogP contribution in [-0.2, 0) is 6.54 Å². The van der Waals surface area contributed by atoms with E-state index in [2.05, 4.69) is 5.10 Å². The summed E-state index contributed by atoms with van der Waals surface area (Å²) in [5.41, 5.74) is 8.63. The summed E-state index contributed by atoms with van der Waals surface area (Å²) in [6.07, 6.45) is 0. The fourth-order valence-corrected chi connectivity index (χ4v) is 2.12. The normalized spacial score (nSPS) is 10.7. The Morgan fingerprint density at radius 1 is 1.00 bits per heavy atom. The number of hydrogen-bond acceptors (Lipinski definition) is 2. The molecule has 0 radical (unpaired) electrons. The lowest BCUT2D eigenvalue weighted by Gasteiger charge is -2.04. The molecule has 3 rings (SSSR count). The molecule has 0 amide bonds. The maximum Gasteiger partial charge on any atom is 0.123 e. The van der Waals surface area contributed by atoms with Crippen molar-refractivity contribution in [1.82, 2.24) is 9.78 Å². The average Bonchev–Trinajstić information content (AvgIpc) is 2.81. The van der Waals surface area contributed by atoms with Gasteiger partial charge in [0.25, 0.3) is 0 Å². The van der Waals surface area contributed by atoms with Crippen molar-refractivity contribution in [3.05, 3.63) is 72.0 Å². The van der Waals surface area contributed by atoms with Crippen molar-refractivity contribution in [2.24, 2.45) is 0 Å². The molecule has 0 unspecified atom stereocenters. The fourth-order valence-electron chi connectivity index (χ4n) is 2.12. The van der Waals surface area contributed by atoms with E-state index in [-0.39, 0.29) is 5.82 Å². The first-order chi connectivity index (χ1) is 9.72. The molecule has 0 fully saturated rings. The van der Waals surface area contributed by atoms with Gasteiger partial charge in [-0.3, -0.25) is 0 Å². The van der Waals surface area contributed by atoms with Gasteiger partial charge >= 0.3 is 0 Å². The minimum absolute atomic E-state index is 0.253. The van der Waals surface area contributed by atoms with Gasteiger partial charge in [-0.2, -0.15) is 5.10 Å². The Labute approximate surface area is 116 Å². The van der Waals surface area contributed by atoms with Crippen LogP contribution in [0.5, 0.6) is 0 Å². The lowest BCUT2D eigenvalue weighted by Crippen LogP contribution is -2.05. The summed E-state index contributed by atoms with van der Waals surface area (Å²) >= 11 is 0. The maximum absolute atomic E-state index is 13.2. The smallest absolute Gasteiger partial charge is 0.123 e. The van der Waals surface area contributed by atoms with E-state index in [0.717, 1.165) is 16.8 Å². The number of nitrogen functional groups attached to an aromatic ring is 1. The Bertz CT molecular complexity index is 720. The van der Waals surface area contributed by atoms with Crippen LogP contribution in [-0.4, -0.2) is 9.78 Å². The van der Waals surface area contributed by atoms with Gasteiger partial charge in [-0.05, 0) is 17.7 Å². The van der Waals surface area contributed by atoms with Crippen LogP contribution in [0.25, 0.3) is 11.3 Å². The molecule has 20 heavy (non-hydrogen) atoms. The molecule has 2 aromatic carbocycles. The molecule has 100 valence electrons. The first-order valence-electron chi connectivity index (χ1n) is 6.35. The standard InChI is InChI=1S/C16H14FN3/c17-14-8-4-5-12(9-14)11-20-16(18)10-15(19-20)13-6-2-1-3-7-13/h1-10H,11,18H2. The predicted molar refractivity (Wildman–Crippen MR) is 77.6 cm³/mol. The summed E-state index contributed by atoms with van der Waals surface area (Å²) in [5.74, 6) is 0.310. The number of nitrogens with zero attached hydrogens (tertiary/aromatic N) is 2. The van der Waals surface area contributed by atoms with Gasteiger partial charge < -0.3 is 5.73 Å². The number of aromatic nitrogens is 2. The molecule has 0 aliphatic heterocycles. The predicted octanol–water partition coefficient (Wildman–Crippen LogP) is 3.32. The van der Waals surface area contributed by atoms with Crippen molar-refractivity contribution in [3.63, 3.8) is 0 Å². The van der Waals surface area contributed by atoms with Gasteiger partial charge in [-0.1, -0.05) is 42.5 Å². The van der Waals surface area contributed by atoms with E-state index in [1.54, 1.807) is 10.7 Å². The molecule has 0 bridgehead atoms. The zero-order chi connectivity index (χ0) is 13.9. The van der Waals surface area contributed by atoms with E-state index < -0.39 is 0 Å². The second-order valence-corrected chi connectivity index (χ2v) is 4.61. The van der Waals surface area contributed by atoms with Crippen molar-refractivity contribution in [2.75, 3.05) is 5.73 Å². The first-order valence-corrected chi connectivity index (χ1v) is 6.35. The summed E-state index contributed by atoms with van der Waals surface area (Å²) in [6.45, 7) is 0.455. The first kappa shape index (κ1) is 12.4. The Balaban J connectivity index is 1.90. The Kier molecular flexibility index (Phi) is 3.21. The summed E-state index contributed by atoms with van der Waals surface area (Å²) in [6, 6.07) is 18.1. The average molecular weight is 267 g/mol. The van der Waals surface area contributed by atoms with Gasteiger partial charge in [0, 0.05) is 11.6 Å². The van der Waals surface area contributed by atoms with Crippen LogP contribution in [0.1, 0.15) is 5.56 Å². The lowest BCUT2D eigenvalue weighted by atomic mass is 10.2. The molecule has 1 heterocycles. The van der Waals surface area contributed by atoms with Crippen LogP contribution in [0.2, 0.25) is 0 Å². The maximum atomic E-state index is 13.2. The highest BCUT2D eigenvalue weighted by Gasteiger charge is 2.07. The van der Waals surface area contributed by atoms with Gasteiger partial charge in [0.2, 0.25) is 0 Å². The van der Waals surface area contributed by atoms with Crippen molar-refractivity contribution < 1.29 is 4.39 Å². The van der Waals surface area contributed by atoms with Crippen molar-refractivity contribution >= 4 is 5.82 Å². The zero-order valence-electron chi connectivity index (χ0n) is 10.8. The second kappa shape index (κ2) is 5.17. The lowest BCUT2D eigenvalue weighted by molar-refractivity contribution is 0.620. The topological polar surface area (TPSA) is 43.8 Å². The van der Waals surface area contributed by atoms with E-state index in [1.165, 1.54) is 12.1 Å². The molecule has 0 aliphatic carbocycles. The Morgan fingerprint density at radius 3 is 2.55 bits per heavy atom. The number of halogens is 1. The molecule has 3 nitrogen and oxygen atoms in total. The molecular weight excluding hydrogens is 253 g/mol. The minimum Gasteiger partial charge on any atom is -0.384 e. The molecule has 0 spiro atoms. The Morgan fingerprint density at radius 2 is 1.80 bits per heavy atom. The van der Waals surface area contributed by atoms with E-state index >= 15 is 0 Å². The molecule has 0 saturated heterocycles. The van der Waals surface area contributed by atoms with E-state index in [9.17, 15) is 4.39 Å².